The van der Waals surface area contributed by atoms with E-state index in [1.165, 1.54) is 0 Å². The first-order valence-electron chi connectivity index (χ1n) is 4.09. The van der Waals surface area contributed by atoms with E-state index >= 15 is 0 Å². The molecule has 0 spiro atoms. The Bertz CT molecular complexity index is 304. The van der Waals surface area contributed by atoms with E-state index in [4.69, 9.17) is 9.47 Å². The molecule has 13 heavy (non-hydrogen) atoms. The molecule has 0 amide bonds. The maximum atomic E-state index is 11.2. The molecule has 4 nitrogen and oxygen atoms in total. The van der Waals surface area contributed by atoms with Crippen molar-refractivity contribution in [2.24, 2.45) is 0 Å². The first-order chi connectivity index (χ1) is 6.19. The van der Waals surface area contributed by atoms with Crippen LogP contribution in [0, 0.1) is 6.92 Å². The molecule has 0 radical (unpaired) electrons. The summed E-state index contributed by atoms with van der Waals surface area (Å²) in [4.78, 5) is 14.0. The summed E-state index contributed by atoms with van der Waals surface area (Å²) in [6.45, 7) is 4.00. The molecule has 0 atom stereocenters. The molecule has 0 aromatic carbocycles. The van der Waals surface area contributed by atoms with Gasteiger partial charge in [-0.05, 0) is 19.9 Å². The van der Waals surface area contributed by atoms with E-state index in [9.17, 15) is 4.79 Å². The molecule has 4 heteroatoms. The van der Waals surface area contributed by atoms with Gasteiger partial charge in [0, 0.05) is 5.56 Å². The van der Waals surface area contributed by atoms with E-state index in [0.717, 1.165) is 5.56 Å². The van der Waals surface area contributed by atoms with Crippen molar-refractivity contribution in [2.75, 3.05) is 13.7 Å². The van der Waals surface area contributed by atoms with E-state index in [0.29, 0.717) is 18.2 Å². The number of hydrogen-bond acceptors (Lipinski definition) is 3. The summed E-state index contributed by atoms with van der Waals surface area (Å²) in [5, 5.41) is 0. The van der Waals surface area contributed by atoms with E-state index in [1.54, 1.807) is 20.1 Å². The van der Waals surface area contributed by atoms with Crippen molar-refractivity contribution < 1.29 is 14.3 Å². The van der Waals surface area contributed by atoms with Crippen LogP contribution in [0.4, 0.5) is 0 Å². The Balaban J connectivity index is 2.84. The van der Waals surface area contributed by atoms with Crippen LogP contribution in [0.2, 0.25) is 0 Å². The number of hydrogen-bond donors (Lipinski definition) is 1. The second-order valence-corrected chi connectivity index (χ2v) is 2.62. The van der Waals surface area contributed by atoms with Crippen molar-refractivity contribution >= 4 is 5.97 Å². The Hall–Kier alpha value is -1.45. The molecule has 0 unspecified atom stereocenters. The van der Waals surface area contributed by atoms with Crippen LogP contribution < -0.4 is 4.74 Å². The Morgan fingerprint density at radius 1 is 1.62 bits per heavy atom. The van der Waals surface area contributed by atoms with Crippen LogP contribution in [0.25, 0.3) is 0 Å². The van der Waals surface area contributed by atoms with Crippen molar-refractivity contribution in [3.8, 4) is 5.88 Å². The molecule has 72 valence electrons. The minimum Gasteiger partial charge on any atom is -0.482 e. The molecule has 0 saturated carbocycles. The van der Waals surface area contributed by atoms with Gasteiger partial charge in [0.1, 0.15) is 5.69 Å². The van der Waals surface area contributed by atoms with E-state index < -0.39 is 0 Å². The average Bonchev–Trinajstić information content (AvgIpc) is 2.47. The highest BCUT2D eigenvalue weighted by molar-refractivity contribution is 5.88. The molecule has 1 aromatic heterocycles. The third kappa shape index (κ3) is 2.02. The quantitative estimate of drug-likeness (QED) is 0.722. The lowest BCUT2D eigenvalue weighted by atomic mass is 10.3. The van der Waals surface area contributed by atoms with Crippen LogP contribution in [0.5, 0.6) is 5.88 Å². The van der Waals surface area contributed by atoms with Gasteiger partial charge in [-0.2, -0.15) is 0 Å². The number of aromatic nitrogens is 1. The van der Waals surface area contributed by atoms with E-state index in [1.807, 2.05) is 6.92 Å². The fourth-order valence-electron chi connectivity index (χ4n) is 1.07. The van der Waals surface area contributed by atoms with Gasteiger partial charge >= 0.3 is 5.97 Å². The maximum Gasteiger partial charge on any atom is 0.354 e. The molecule has 1 N–H and O–H groups in total. The summed E-state index contributed by atoms with van der Waals surface area (Å²) in [7, 11) is 1.55. The molecule has 1 aromatic rings. The minimum absolute atomic E-state index is 0.353. The fraction of sp³-hybridized carbons (Fsp3) is 0.444. The lowest BCUT2D eigenvalue weighted by Gasteiger charge is -1.97. The number of esters is 1. The molecule has 0 aliphatic rings. The molecule has 0 fully saturated rings. The molecule has 0 bridgehead atoms. The third-order valence-corrected chi connectivity index (χ3v) is 1.67. The number of nitrogens with one attached hydrogen (secondary N) is 1. The van der Waals surface area contributed by atoms with E-state index in [-0.39, 0.29) is 5.97 Å². The van der Waals surface area contributed by atoms with Crippen molar-refractivity contribution in [3.05, 3.63) is 17.3 Å². The monoisotopic (exact) mass is 183 g/mol. The summed E-state index contributed by atoms with van der Waals surface area (Å²) in [6.07, 6.45) is 0. The van der Waals surface area contributed by atoms with Crippen LogP contribution in [0.3, 0.4) is 0 Å². The van der Waals surface area contributed by atoms with Crippen LogP contribution in [0.15, 0.2) is 6.07 Å². The second kappa shape index (κ2) is 3.98. The highest BCUT2D eigenvalue weighted by Gasteiger charge is 2.11. The zero-order valence-corrected chi connectivity index (χ0v) is 8.01. The van der Waals surface area contributed by atoms with Crippen LogP contribution in [-0.4, -0.2) is 24.7 Å². The second-order valence-electron chi connectivity index (χ2n) is 2.62. The smallest absolute Gasteiger partial charge is 0.354 e. The fourth-order valence-corrected chi connectivity index (χ4v) is 1.07. The first kappa shape index (κ1) is 9.64. The van der Waals surface area contributed by atoms with Crippen LogP contribution in [0.1, 0.15) is 23.0 Å². The van der Waals surface area contributed by atoms with Gasteiger partial charge in [0.15, 0.2) is 5.88 Å². The van der Waals surface area contributed by atoms with Gasteiger partial charge in [0.25, 0.3) is 0 Å². The zero-order chi connectivity index (χ0) is 9.84. The predicted octanol–water partition coefficient (Wildman–Crippen LogP) is 1.51. The predicted molar refractivity (Wildman–Crippen MR) is 48.0 cm³/mol. The Labute approximate surface area is 76.9 Å². The molecule has 0 saturated heterocycles. The largest absolute Gasteiger partial charge is 0.482 e. The van der Waals surface area contributed by atoms with E-state index in [2.05, 4.69) is 4.98 Å². The van der Waals surface area contributed by atoms with Crippen molar-refractivity contribution in [2.45, 2.75) is 13.8 Å². The highest BCUT2D eigenvalue weighted by atomic mass is 16.5. The number of aryl methyl sites for hydroxylation is 1. The highest BCUT2D eigenvalue weighted by Crippen LogP contribution is 2.17. The SMILES string of the molecule is CCOC(=O)c1cc(C)c(OC)[nH]1. The normalized spacial score (nSPS) is 9.77. The lowest BCUT2D eigenvalue weighted by Crippen LogP contribution is -2.04. The molecule has 1 rings (SSSR count). The average molecular weight is 183 g/mol. The molecular formula is C9H13NO3. The summed E-state index contributed by atoms with van der Waals surface area (Å²) in [5.41, 5.74) is 1.32. The molecular weight excluding hydrogens is 170 g/mol. The van der Waals surface area contributed by atoms with Crippen LogP contribution >= 0.6 is 0 Å². The number of aromatic amines is 1. The van der Waals surface area contributed by atoms with Crippen molar-refractivity contribution in [1.29, 1.82) is 0 Å². The van der Waals surface area contributed by atoms with Gasteiger partial charge in [-0.3, -0.25) is 0 Å². The summed E-state index contributed by atoms with van der Waals surface area (Å²) in [6, 6.07) is 1.71. The zero-order valence-electron chi connectivity index (χ0n) is 8.01. The lowest BCUT2D eigenvalue weighted by molar-refractivity contribution is 0.0519. The molecule has 1 heterocycles. The number of methoxy groups -OCH3 is 1. The topological polar surface area (TPSA) is 51.3 Å². The summed E-state index contributed by atoms with van der Waals surface area (Å²) >= 11 is 0. The Morgan fingerprint density at radius 3 is 2.77 bits per heavy atom. The Morgan fingerprint density at radius 2 is 2.31 bits per heavy atom. The van der Waals surface area contributed by atoms with Gasteiger partial charge in [0.05, 0.1) is 13.7 Å². The summed E-state index contributed by atoms with van der Waals surface area (Å²) < 4.78 is 9.81. The standard InChI is InChI=1S/C9H13NO3/c1-4-13-9(11)7-5-6(2)8(10-7)12-3/h5,10H,4H2,1-3H3. The summed E-state index contributed by atoms with van der Waals surface area (Å²) in [5.74, 6) is 0.247. The first-order valence-corrected chi connectivity index (χ1v) is 4.09. The minimum atomic E-state index is -0.353. The number of carbonyl (C=O) groups excluding carboxylic acids is 1. The van der Waals surface area contributed by atoms with Gasteiger partial charge in [0.2, 0.25) is 0 Å². The number of rotatable bonds is 3. The third-order valence-electron chi connectivity index (χ3n) is 1.67. The number of carbonyl (C=O) groups is 1. The molecule has 0 aliphatic carbocycles. The van der Waals surface area contributed by atoms with Gasteiger partial charge < -0.3 is 14.5 Å². The van der Waals surface area contributed by atoms with Crippen molar-refractivity contribution in [3.63, 3.8) is 0 Å². The van der Waals surface area contributed by atoms with Gasteiger partial charge in [-0.15, -0.1) is 0 Å². The number of H-pyrrole nitrogens is 1. The van der Waals surface area contributed by atoms with Crippen LogP contribution in [-0.2, 0) is 4.74 Å². The van der Waals surface area contributed by atoms with Gasteiger partial charge in [-0.25, -0.2) is 4.79 Å². The maximum absolute atomic E-state index is 11.2. The van der Waals surface area contributed by atoms with Crippen molar-refractivity contribution in [1.82, 2.24) is 4.98 Å². The number of ether oxygens (including phenoxy) is 2. The van der Waals surface area contributed by atoms with Gasteiger partial charge in [-0.1, -0.05) is 0 Å². The Kier molecular flexibility index (Phi) is 2.95. The molecule has 0 aliphatic heterocycles.